The first-order valence-corrected chi connectivity index (χ1v) is 24.0. The number of hydrogen-bond acceptors (Lipinski definition) is 4. The molecule has 0 spiro atoms. The van der Waals surface area contributed by atoms with Crippen LogP contribution in [0.2, 0.25) is 55.9 Å². The third-order valence-corrected chi connectivity index (χ3v) is 18.2. The first kappa shape index (κ1) is 35.9. The second-order valence-electron chi connectivity index (χ2n) is 14.2. The van der Waals surface area contributed by atoms with E-state index in [0.29, 0.717) is 24.5 Å². The standard InChI is InChI=1S/C18H30O2Si2.C13H21IO2Si/c1-18(2,3)22(7,8)20-14-15-9-10-17(19)16(13-15)11-12-21(4,5)6;1-13(2,3)17(4,5)16-9-10-6-7-12(15)11(14)8-10/h9-10,13,19H,14H2,1-8H3;6-8,15H,9H2,1-5H3. The topological polar surface area (TPSA) is 58.9 Å². The maximum Gasteiger partial charge on any atom is 0.192 e. The number of phenols is 2. The molecule has 2 N–H and O–H groups in total. The lowest BCUT2D eigenvalue weighted by Gasteiger charge is -2.36. The summed E-state index contributed by atoms with van der Waals surface area (Å²) >= 11 is 2.13. The van der Waals surface area contributed by atoms with Gasteiger partial charge in [0.2, 0.25) is 0 Å². The third kappa shape index (κ3) is 12.1. The summed E-state index contributed by atoms with van der Waals surface area (Å²) in [6, 6.07) is 11.2. The van der Waals surface area contributed by atoms with E-state index in [0.717, 1.165) is 14.7 Å². The van der Waals surface area contributed by atoms with Gasteiger partial charge in [0, 0.05) is 0 Å². The van der Waals surface area contributed by atoms with Crippen molar-refractivity contribution in [2.45, 2.75) is 111 Å². The molecule has 4 nitrogen and oxygen atoms in total. The molecule has 8 heteroatoms. The number of hydrogen-bond donors (Lipinski definition) is 2. The zero-order valence-corrected chi connectivity index (χ0v) is 31.6. The first-order valence-electron chi connectivity index (χ1n) is 13.6. The lowest BCUT2D eigenvalue weighted by molar-refractivity contribution is 0.276. The van der Waals surface area contributed by atoms with Crippen molar-refractivity contribution < 1.29 is 19.1 Å². The van der Waals surface area contributed by atoms with E-state index in [1.54, 1.807) is 12.1 Å². The lowest BCUT2D eigenvalue weighted by Crippen LogP contribution is -2.40. The molecule has 0 aliphatic carbocycles. The Morgan fingerprint density at radius 1 is 0.692 bits per heavy atom. The molecular formula is C31H51IO4Si3. The molecule has 0 aliphatic rings. The SMILES string of the molecule is CC(C)(C)[Si](C)(C)OCc1ccc(O)c(C#C[Si](C)(C)C)c1.CC(C)(C)[Si](C)(C)OCc1ccc(O)c(I)c1. The summed E-state index contributed by atoms with van der Waals surface area (Å²) in [7, 11) is -4.89. The zero-order chi connectivity index (χ0) is 30.4. The van der Waals surface area contributed by atoms with E-state index in [2.05, 4.69) is 121 Å². The Morgan fingerprint density at radius 2 is 1.10 bits per heavy atom. The summed E-state index contributed by atoms with van der Waals surface area (Å²) in [6.07, 6.45) is 0. The molecule has 0 saturated heterocycles. The Labute approximate surface area is 255 Å². The van der Waals surface area contributed by atoms with E-state index < -0.39 is 24.7 Å². The van der Waals surface area contributed by atoms with Crippen LogP contribution in [0.5, 0.6) is 11.5 Å². The summed E-state index contributed by atoms with van der Waals surface area (Å²) in [6.45, 7) is 30.2. The Hall–Kier alpha value is -1.10. The molecule has 0 radical (unpaired) electrons. The van der Waals surface area contributed by atoms with E-state index in [1.807, 2.05) is 24.3 Å². The van der Waals surface area contributed by atoms with Crippen LogP contribution in [0.15, 0.2) is 36.4 Å². The first-order chi connectivity index (χ1) is 17.5. The highest BCUT2D eigenvalue weighted by Gasteiger charge is 2.37. The number of rotatable bonds is 6. The minimum absolute atomic E-state index is 0.199. The highest BCUT2D eigenvalue weighted by atomic mass is 127. The Kier molecular flexibility index (Phi) is 12.6. The fraction of sp³-hybridized carbons (Fsp3) is 0.548. The third-order valence-electron chi connectivity index (χ3n) is 7.46. The van der Waals surface area contributed by atoms with Gasteiger partial charge in [-0.15, -0.1) is 5.54 Å². The molecule has 0 amide bonds. The molecule has 2 aromatic carbocycles. The van der Waals surface area contributed by atoms with Gasteiger partial charge in [0.1, 0.15) is 19.6 Å². The number of aromatic hydroxyl groups is 2. The van der Waals surface area contributed by atoms with Gasteiger partial charge in [0.05, 0.1) is 22.3 Å². The summed E-state index contributed by atoms with van der Waals surface area (Å²) < 4.78 is 13.2. The Balaban J connectivity index is 0.000000403. The van der Waals surface area contributed by atoms with Crippen LogP contribution in [0.4, 0.5) is 0 Å². The average molecular weight is 699 g/mol. The second-order valence-corrected chi connectivity index (χ2v) is 29.8. The van der Waals surface area contributed by atoms with Crippen molar-refractivity contribution in [3.63, 3.8) is 0 Å². The van der Waals surface area contributed by atoms with E-state index in [9.17, 15) is 10.2 Å². The molecule has 0 aliphatic heterocycles. The van der Waals surface area contributed by atoms with Crippen molar-refractivity contribution >= 4 is 47.3 Å². The smallest absolute Gasteiger partial charge is 0.192 e. The van der Waals surface area contributed by atoms with Gasteiger partial charge in [-0.1, -0.05) is 79.2 Å². The molecular weight excluding hydrogens is 647 g/mol. The van der Waals surface area contributed by atoms with Crippen molar-refractivity contribution in [1.82, 2.24) is 0 Å². The maximum absolute atomic E-state index is 9.97. The molecule has 0 fully saturated rings. The number of halogens is 1. The average Bonchev–Trinajstić information content (AvgIpc) is 2.77. The molecule has 0 aromatic heterocycles. The molecule has 39 heavy (non-hydrogen) atoms. The van der Waals surface area contributed by atoms with Gasteiger partial charge in [0.25, 0.3) is 0 Å². The normalized spacial score (nSPS) is 12.8. The van der Waals surface area contributed by atoms with Crippen LogP contribution in [-0.4, -0.2) is 34.9 Å². The van der Waals surface area contributed by atoms with Crippen LogP contribution < -0.4 is 0 Å². The summed E-state index contributed by atoms with van der Waals surface area (Å²) in [5.41, 5.74) is 6.20. The van der Waals surface area contributed by atoms with Crippen LogP contribution in [0.25, 0.3) is 0 Å². The molecule has 0 bridgehead atoms. The van der Waals surface area contributed by atoms with Crippen molar-refractivity contribution in [1.29, 1.82) is 0 Å². The largest absolute Gasteiger partial charge is 0.507 e. The zero-order valence-electron chi connectivity index (χ0n) is 26.5. The van der Waals surface area contributed by atoms with Gasteiger partial charge in [0.15, 0.2) is 16.6 Å². The van der Waals surface area contributed by atoms with Crippen molar-refractivity contribution in [2.75, 3.05) is 0 Å². The van der Waals surface area contributed by atoms with Crippen LogP contribution in [0.3, 0.4) is 0 Å². The van der Waals surface area contributed by atoms with E-state index in [1.165, 1.54) is 0 Å². The number of benzene rings is 2. The highest BCUT2D eigenvalue weighted by molar-refractivity contribution is 14.1. The van der Waals surface area contributed by atoms with E-state index in [-0.39, 0.29) is 15.8 Å². The van der Waals surface area contributed by atoms with E-state index >= 15 is 0 Å². The van der Waals surface area contributed by atoms with Crippen molar-refractivity contribution in [2.24, 2.45) is 0 Å². The van der Waals surface area contributed by atoms with Crippen molar-refractivity contribution in [3.05, 3.63) is 56.7 Å². The monoisotopic (exact) mass is 698 g/mol. The van der Waals surface area contributed by atoms with Gasteiger partial charge in [-0.25, -0.2) is 0 Å². The Bertz CT molecular complexity index is 1160. The molecule has 0 unspecified atom stereocenters. The molecule has 0 atom stereocenters. The molecule has 0 saturated carbocycles. The van der Waals surface area contributed by atoms with Crippen LogP contribution in [0.1, 0.15) is 58.2 Å². The van der Waals surface area contributed by atoms with Crippen LogP contribution >= 0.6 is 22.6 Å². The summed E-state index contributed by atoms with van der Waals surface area (Å²) in [5, 5.41) is 19.9. The highest BCUT2D eigenvalue weighted by Crippen LogP contribution is 2.38. The minimum atomic E-state index is -1.76. The molecule has 0 heterocycles. The summed E-state index contributed by atoms with van der Waals surface area (Å²) in [4.78, 5) is 0. The quantitative estimate of drug-likeness (QED) is 0.179. The lowest BCUT2D eigenvalue weighted by atomic mass is 10.1. The molecule has 2 rings (SSSR count). The van der Waals surface area contributed by atoms with Crippen molar-refractivity contribution in [3.8, 4) is 23.0 Å². The minimum Gasteiger partial charge on any atom is -0.507 e. The van der Waals surface area contributed by atoms with Gasteiger partial charge in [-0.2, -0.15) is 0 Å². The number of phenolic OH excluding ortho intramolecular Hbond substituents is 2. The second kappa shape index (κ2) is 13.7. The van der Waals surface area contributed by atoms with Crippen LogP contribution in [-0.2, 0) is 22.1 Å². The van der Waals surface area contributed by atoms with Gasteiger partial charge >= 0.3 is 0 Å². The maximum atomic E-state index is 9.97. The van der Waals surface area contributed by atoms with Gasteiger partial charge < -0.3 is 19.1 Å². The molecule has 218 valence electrons. The molecule has 2 aromatic rings. The predicted octanol–water partition coefficient (Wildman–Crippen LogP) is 9.66. The summed E-state index contributed by atoms with van der Waals surface area (Å²) in [5.74, 6) is 3.72. The fourth-order valence-corrected chi connectivity index (χ4v) is 5.64. The predicted molar refractivity (Wildman–Crippen MR) is 183 cm³/mol. The van der Waals surface area contributed by atoms with Gasteiger partial charge in [-0.3, -0.25) is 0 Å². The fourth-order valence-electron chi connectivity index (χ4n) is 2.63. The van der Waals surface area contributed by atoms with E-state index in [4.69, 9.17) is 8.85 Å². The Morgan fingerprint density at radius 3 is 1.49 bits per heavy atom. The van der Waals surface area contributed by atoms with Crippen LogP contribution in [0, 0.1) is 15.0 Å². The van der Waals surface area contributed by atoms with Gasteiger partial charge in [-0.05, 0) is 94.2 Å².